The highest BCUT2D eigenvalue weighted by Gasteiger charge is 2.27. The first-order chi connectivity index (χ1) is 10.1. The van der Waals surface area contributed by atoms with Crippen LogP contribution in [0.15, 0.2) is 28.7 Å². The first-order valence-corrected chi connectivity index (χ1v) is 8.28. The van der Waals surface area contributed by atoms with Crippen molar-refractivity contribution in [2.45, 2.75) is 19.8 Å². The standard InChI is InChI=1S/C15H19BrN2O2S/c1-2-20-14(19)11-4-3-9-18(10-11)15(21)17-13-7-5-12(16)6-8-13/h5-8,11H,2-4,9-10H2,1H3,(H,17,21). The van der Waals surface area contributed by atoms with E-state index in [2.05, 4.69) is 21.2 Å². The van der Waals surface area contributed by atoms with Gasteiger partial charge in [-0.1, -0.05) is 15.9 Å². The molecule has 0 saturated carbocycles. The number of nitrogens with one attached hydrogen (secondary N) is 1. The number of likely N-dealkylation sites (tertiary alicyclic amines) is 1. The monoisotopic (exact) mass is 370 g/mol. The summed E-state index contributed by atoms with van der Waals surface area (Å²) >= 11 is 8.85. The number of benzene rings is 1. The number of thiocarbonyl (C=S) groups is 1. The van der Waals surface area contributed by atoms with Gasteiger partial charge >= 0.3 is 5.97 Å². The molecule has 21 heavy (non-hydrogen) atoms. The van der Waals surface area contributed by atoms with Gasteiger partial charge in [0.25, 0.3) is 0 Å². The Labute approximate surface area is 139 Å². The first-order valence-electron chi connectivity index (χ1n) is 7.08. The molecule has 2 rings (SSSR count). The van der Waals surface area contributed by atoms with Gasteiger partial charge in [0, 0.05) is 23.2 Å². The Bertz CT molecular complexity index is 507. The van der Waals surface area contributed by atoms with Gasteiger partial charge in [-0.15, -0.1) is 0 Å². The van der Waals surface area contributed by atoms with Crippen molar-refractivity contribution in [2.24, 2.45) is 5.92 Å². The van der Waals surface area contributed by atoms with Gasteiger partial charge in [-0.3, -0.25) is 4.79 Å². The largest absolute Gasteiger partial charge is 0.466 e. The number of nitrogens with zero attached hydrogens (tertiary/aromatic N) is 1. The number of carbonyl (C=O) groups excluding carboxylic acids is 1. The molecule has 1 unspecified atom stereocenters. The fraction of sp³-hybridized carbons (Fsp3) is 0.467. The van der Waals surface area contributed by atoms with Gasteiger partial charge in [0.05, 0.1) is 12.5 Å². The van der Waals surface area contributed by atoms with Crippen molar-refractivity contribution in [3.8, 4) is 0 Å². The Morgan fingerprint density at radius 3 is 2.86 bits per heavy atom. The Morgan fingerprint density at radius 1 is 1.48 bits per heavy atom. The van der Waals surface area contributed by atoms with Crippen molar-refractivity contribution >= 4 is 44.9 Å². The molecule has 1 aliphatic heterocycles. The second kappa shape index (κ2) is 7.75. The van der Waals surface area contributed by atoms with E-state index in [0.29, 0.717) is 18.3 Å². The molecule has 1 fully saturated rings. The Balaban J connectivity index is 1.92. The molecule has 1 atom stereocenters. The molecule has 1 aliphatic rings. The molecule has 4 nitrogen and oxygen atoms in total. The molecule has 0 spiro atoms. The molecule has 0 radical (unpaired) electrons. The van der Waals surface area contributed by atoms with Gasteiger partial charge in [-0.05, 0) is 56.2 Å². The lowest BCUT2D eigenvalue weighted by Gasteiger charge is -2.33. The van der Waals surface area contributed by atoms with E-state index in [1.54, 1.807) is 0 Å². The molecular formula is C15H19BrN2O2S. The van der Waals surface area contributed by atoms with Crippen LogP contribution in [0.1, 0.15) is 19.8 Å². The van der Waals surface area contributed by atoms with Gasteiger partial charge < -0.3 is 15.0 Å². The minimum Gasteiger partial charge on any atom is -0.466 e. The van der Waals surface area contributed by atoms with Crippen LogP contribution in [0.3, 0.4) is 0 Å². The van der Waals surface area contributed by atoms with Crippen molar-refractivity contribution in [1.82, 2.24) is 4.90 Å². The summed E-state index contributed by atoms with van der Waals surface area (Å²) < 4.78 is 6.13. The molecule has 1 aromatic carbocycles. The van der Waals surface area contributed by atoms with E-state index in [1.165, 1.54) is 0 Å². The van der Waals surface area contributed by atoms with Gasteiger partial charge in [-0.2, -0.15) is 0 Å². The number of hydrogen-bond acceptors (Lipinski definition) is 3. The van der Waals surface area contributed by atoms with Crippen LogP contribution in [0.4, 0.5) is 5.69 Å². The maximum absolute atomic E-state index is 11.8. The van der Waals surface area contributed by atoms with E-state index < -0.39 is 0 Å². The summed E-state index contributed by atoms with van der Waals surface area (Å²) in [6.07, 6.45) is 1.82. The second-order valence-electron chi connectivity index (χ2n) is 4.97. The molecule has 1 saturated heterocycles. The number of rotatable bonds is 3. The van der Waals surface area contributed by atoms with Crippen LogP contribution in [0.5, 0.6) is 0 Å². The smallest absolute Gasteiger partial charge is 0.310 e. The van der Waals surface area contributed by atoms with Crippen molar-refractivity contribution in [3.63, 3.8) is 0 Å². The predicted molar refractivity (Wildman–Crippen MR) is 91.3 cm³/mol. The third-order valence-electron chi connectivity index (χ3n) is 3.42. The number of anilines is 1. The summed E-state index contributed by atoms with van der Waals surface area (Å²) in [5.41, 5.74) is 0.946. The molecule has 0 amide bonds. The summed E-state index contributed by atoms with van der Waals surface area (Å²) in [6.45, 7) is 3.76. The average molecular weight is 371 g/mol. The Hall–Kier alpha value is -1.14. The van der Waals surface area contributed by atoms with Crippen LogP contribution in [0.25, 0.3) is 0 Å². The number of carbonyl (C=O) groups is 1. The third-order valence-corrected chi connectivity index (χ3v) is 4.31. The summed E-state index contributed by atoms with van der Waals surface area (Å²) in [5, 5.41) is 3.87. The zero-order valence-electron chi connectivity index (χ0n) is 12.0. The van der Waals surface area contributed by atoms with Gasteiger partial charge in [0.2, 0.25) is 0 Å². The fourth-order valence-electron chi connectivity index (χ4n) is 2.35. The van der Waals surface area contributed by atoms with E-state index in [1.807, 2.05) is 36.1 Å². The number of piperidine rings is 1. The van der Waals surface area contributed by atoms with Crippen molar-refractivity contribution in [1.29, 1.82) is 0 Å². The van der Waals surface area contributed by atoms with Crippen LogP contribution in [-0.4, -0.2) is 35.7 Å². The molecular weight excluding hydrogens is 352 g/mol. The normalized spacial score (nSPS) is 18.2. The molecule has 1 N–H and O–H groups in total. The number of ether oxygens (including phenoxy) is 1. The molecule has 0 bridgehead atoms. The summed E-state index contributed by atoms with van der Waals surface area (Å²) in [4.78, 5) is 13.9. The number of esters is 1. The average Bonchev–Trinajstić information content (AvgIpc) is 2.50. The fourth-order valence-corrected chi connectivity index (χ4v) is 2.90. The molecule has 6 heteroatoms. The van der Waals surface area contributed by atoms with Crippen molar-refractivity contribution in [2.75, 3.05) is 25.0 Å². The van der Waals surface area contributed by atoms with Crippen LogP contribution < -0.4 is 5.32 Å². The van der Waals surface area contributed by atoms with Gasteiger partial charge in [0.1, 0.15) is 0 Å². The molecule has 1 heterocycles. The van der Waals surface area contributed by atoms with Crippen LogP contribution in [0.2, 0.25) is 0 Å². The van der Waals surface area contributed by atoms with Crippen LogP contribution in [0, 0.1) is 5.92 Å². The topological polar surface area (TPSA) is 41.6 Å². The lowest BCUT2D eigenvalue weighted by molar-refractivity contribution is -0.149. The van der Waals surface area contributed by atoms with E-state index in [0.717, 1.165) is 29.5 Å². The molecule has 0 aliphatic carbocycles. The highest BCUT2D eigenvalue weighted by molar-refractivity contribution is 9.10. The minimum absolute atomic E-state index is 0.0802. The van der Waals surface area contributed by atoms with Crippen LogP contribution >= 0.6 is 28.1 Å². The van der Waals surface area contributed by atoms with Gasteiger partial charge in [0.15, 0.2) is 5.11 Å². The molecule has 114 valence electrons. The van der Waals surface area contributed by atoms with E-state index in [-0.39, 0.29) is 11.9 Å². The SMILES string of the molecule is CCOC(=O)C1CCCN(C(=S)Nc2ccc(Br)cc2)C1. The summed E-state index contributed by atoms with van der Waals surface area (Å²) in [7, 11) is 0. The maximum atomic E-state index is 11.8. The van der Waals surface area contributed by atoms with E-state index in [4.69, 9.17) is 17.0 Å². The Kier molecular flexibility index (Phi) is 5.99. The summed E-state index contributed by atoms with van der Waals surface area (Å²) in [5.74, 6) is -0.197. The van der Waals surface area contributed by atoms with E-state index in [9.17, 15) is 4.79 Å². The zero-order chi connectivity index (χ0) is 15.2. The Morgan fingerprint density at radius 2 is 2.19 bits per heavy atom. The van der Waals surface area contributed by atoms with E-state index >= 15 is 0 Å². The predicted octanol–water partition coefficient (Wildman–Crippen LogP) is 3.42. The van der Waals surface area contributed by atoms with Crippen molar-refractivity contribution in [3.05, 3.63) is 28.7 Å². The number of halogens is 1. The van der Waals surface area contributed by atoms with Crippen LogP contribution in [-0.2, 0) is 9.53 Å². The third kappa shape index (κ3) is 4.68. The molecule has 0 aromatic heterocycles. The minimum atomic E-state index is -0.117. The molecule has 1 aromatic rings. The zero-order valence-corrected chi connectivity index (χ0v) is 14.4. The lowest BCUT2D eigenvalue weighted by atomic mass is 9.98. The highest BCUT2D eigenvalue weighted by Crippen LogP contribution is 2.20. The quantitative estimate of drug-likeness (QED) is 0.652. The highest BCUT2D eigenvalue weighted by atomic mass is 79.9. The maximum Gasteiger partial charge on any atom is 0.310 e. The van der Waals surface area contributed by atoms with Gasteiger partial charge in [-0.25, -0.2) is 0 Å². The van der Waals surface area contributed by atoms with Crippen molar-refractivity contribution < 1.29 is 9.53 Å². The number of hydrogen-bond donors (Lipinski definition) is 1. The second-order valence-corrected chi connectivity index (χ2v) is 6.28. The first kappa shape index (κ1) is 16.2. The lowest BCUT2D eigenvalue weighted by Crippen LogP contribution is -2.44. The summed E-state index contributed by atoms with van der Waals surface area (Å²) in [6, 6.07) is 7.84.